The van der Waals surface area contributed by atoms with Gasteiger partial charge in [-0.25, -0.2) is 19.6 Å². The third-order valence-corrected chi connectivity index (χ3v) is 10.1. The highest BCUT2D eigenvalue weighted by molar-refractivity contribution is 7.99. The van der Waals surface area contributed by atoms with Gasteiger partial charge in [-0.1, -0.05) is 48.5 Å². The lowest BCUT2D eigenvalue weighted by Gasteiger charge is -2.30. The number of hydrogen-bond acceptors (Lipinski definition) is 7. The van der Waals surface area contributed by atoms with E-state index in [0.29, 0.717) is 11.8 Å². The van der Waals surface area contributed by atoms with E-state index in [1.807, 2.05) is 58.8 Å². The number of nitrogens with zero attached hydrogens (tertiary/aromatic N) is 4. The van der Waals surface area contributed by atoms with E-state index in [4.69, 9.17) is 14.5 Å². The summed E-state index contributed by atoms with van der Waals surface area (Å²) in [6.07, 6.45) is 7.73. The average molecular weight is 685 g/mol. The number of hydrogen-bond donors (Lipinski definition) is 2. The number of amides is 2. The summed E-state index contributed by atoms with van der Waals surface area (Å²) in [4.78, 5) is 46.0. The number of rotatable bonds is 6. The molecule has 0 radical (unpaired) electrons. The first-order valence-corrected chi connectivity index (χ1v) is 18.3. The summed E-state index contributed by atoms with van der Waals surface area (Å²) in [7, 11) is 0. The fourth-order valence-electron chi connectivity index (χ4n) is 6.61. The molecule has 2 fully saturated rings. The molecule has 6 rings (SSSR count). The van der Waals surface area contributed by atoms with E-state index in [0.717, 1.165) is 64.6 Å². The Hall–Kier alpha value is -4.25. The Labute approximate surface area is 293 Å². The molecule has 0 unspecified atom stereocenters. The van der Waals surface area contributed by atoms with Crippen LogP contribution in [-0.4, -0.2) is 77.2 Å². The smallest absolute Gasteiger partial charge is 0.411 e. The van der Waals surface area contributed by atoms with Crippen LogP contribution in [0.3, 0.4) is 0 Å². The molecule has 260 valence electrons. The van der Waals surface area contributed by atoms with Crippen molar-refractivity contribution in [3.8, 4) is 33.6 Å². The van der Waals surface area contributed by atoms with Gasteiger partial charge in [-0.2, -0.15) is 11.8 Å². The van der Waals surface area contributed by atoms with Crippen molar-refractivity contribution < 1.29 is 19.1 Å². The highest BCUT2D eigenvalue weighted by Crippen LogP contribution is 2.39. The standard InChI is InChI=1S/C38H48N6O4S/c1-23-9-18-31(44(23)36(46)48-38(5,6)7)33-39-20-29(41-33)26-14-10-24(11-15-26)25-12-16-27(17-13-25)30-21-40-34(42-30)32-19-28(49-8)22-43(32)35(45)47-37(2,3)4/h10-17,20-21,23,28,31-32H,9,18-19,22H2,1-8H3,(H,39,41)(H,40,42)/t23-,28+,31+,32+/m1/s1. The molecular weight excluding hydrogens is 637 g/mol. The van der Waals surface area contributed by atoms with Crippen LogP contribution in [0.15, 0.2) is 60.9 Å². The zero-order chi connectivity index (χ0) is 35.1. The Kier molecular flexibility index (Phi) is 9.59. The summed E-state index contributed by atoms with van der Waals surface area (Å²) in [5.41, 5.74) is 4.95. The van der Waals surface area contributed by atoms with Crippen molar-refractivity contribution in [3.63, 3.8) is 0 Å². The second-order valence-corrected chi connectivity index (χ2v) is 16.2. The maximum Gasteiger partial charge on any atom is 0.411 e. The molecule has 49 heavy (non-hydrogen) atoms. The lowest BCUT2D eigenvalue weighted by atomic mass is 10.0. The van der Waals surface area contributed by atoms with Gasteiger partial charge in [-0.3, -0.25) is 9.80 Å². The van der Waals surface area contributed by atoms with Crippen molar-refractivity contribution in [2.75, 3.05) is 12.8 Å². The lowest BCUT2D eigenvalue weighted by molar-refractivity contribution is 0.0150. The summed E-state index contributed by atoms with van der Waals surface area (Å²) in [6, 6.07) is 16.6. The fraction of sp³-hybridized carbons (Fsp3) is 0.474. The minimum absolute atomic E-state index is 0.0870. The first-order valence-electron chi connectivity index (χ1n) is 17.0. The van der Waals surface area contributed by atoms with Crippen molar-refractivity contribution in [2.45, 2.75) is 102 Å². The van der Waals surface area contributed by atoms with Gasteiger partial charge in [-0.15, -0.1) is 0 Å². The molecule has 4 aromatic rings. The first kappa shape index (κ1) is 34.6. The quantitative estimate of drug-likeness (QED) is 0.208. The minimum atomic E-state index is -0.556. The van der Waals surface area contributed by atoms with Gasteiger partial charge < -0.3 is 19.4 Å². The molecule has 2 aromatic carbocycles. The lowest BCUT2D eigenvalue weighted by Crippen LogP contribution is -2.40. The molecule has 2 saturated heterocycles. The van der Waals surface area contributed by atoms with Crippen LogP contribution in [0.4, 0.5) is 9.59 Å². The van der Waals surface area contributed by atoms with Gasteiger partial charge in [0.15, 0.2) is 0 Å². The van der Waals surface area contributed by atoms with Gasteiger partial charge >= 0.3 is 12.2 Å². The van der Waals surface area contributed by atoms with E-state index in [2.05, 4.69) is 76.7 Å². The summed E-state index contributed by atoms with van der Waals surface area (Å²) < 4.78 is 11.4. The topological polar surface area (TPSA) is 116 Å². The highest BCUT2D eigenvalue weighted by Gasteiger charge is 2.40. The summed E-state index contributed by atoms with van der Waals surface area (Å²) in [6.45, 7) is 14.0. The second kappa shape index (κ2) is 13.6. The van der Waals surface area contributed by atoms with E-state index in [1.165, 1.54) is 0 Å². The Balaban J connectivity index is 1.13. The van der Waals surface area contributed by atoms with Crippen LogP contribution >= 0.6 is 11.8 Å². The van der Waals surface area contributed by atoms with Gasteiger partial charge in [0.1, 0.15) is 22.9 Å². The molecule has 0 bridgehead atoms. The molecule has 11 heteroatoms. The van der Waals surface area contributed by atoms with E-state index >= 15 is 0 Å². The highest BCUT2D eigenvalue weighted by atomic mass is 32.2. The number of likely N-dealkylation sites (tertiary alicyclic amines) is 2. The zero-order valence-corrected chi connectivity index (χ0v) is 30.6. The third kappa shape index (κ3) is 7.82. The number of ether oxygens (including phenoxy) is 2. The molecule has 2 aliphatic heterocycles. The molecule has 4 atom stereocenters. The number of aromatic amines is 2. The predicted molar refractivity (Wildman–Crippen MR) is 194 cm³/mol. The van der Waals surface area contributed by atoms with Crippen LogP contribution in [0.25, 0.3) is 33.6 Å². The van der Waals surface area contributed by atoms with Crippen molar-refractivity contribution >= 4 is 23.9 Å². The number of aromatic nitrogens is 4. The maximum atomic E-state index is 13.0. The average Bonchev–Trinajstić information content (AvgIpc) is 3.85. The SMILES string of the molecule is CS[C@H]1C[C@@H](c2ncc(-c3ccc(-c4ccc(-c5cnc([C@@H]6CC[C@@H](C)N6C(=O)OC(C)(C)C)[nH]5)cc4)cc3)[nH]2)N(C(=O)OC(C)(C)C)C1. The van der Waals surface area contributed by atoms with Crippen molar-refractivity contribution in [2.24, 2.45) is 0 Å². The molecule has 2 aliphatic rings. The molecule has 10 nitrogen and oxygen atoms in total. The molecule has 2 amide bonds. The fourth-order valence-corrected chi connectivity index (χ4v) is 7.30. The van der Waals surface area contributed by atoms with E-state index in [9.17, 15) is 9.59 Å². The van der Waals surface area contributed by atoms with E-state index < -0.39 is 11.2 Å². The van der Waals surface area contributed by atoms with Gasteiger partial charge in [0.25, 0.3) is 0 Å². The monoisotopic (exact) mass is 684 g/mol. The number of benzene rings is 2. The van der Waals surface area contributed by atoms with Crippen LogP contribution in [-0.2, 0) is 9.47 Å². The summed E-state index contributed by atoms with van der Waals surface area (Å²) >= 11 is 1.77. The van der Waals surface area contributed by atoms with Crippen LogP contribution in [0, 0.1) is 0 Å². The van der Waals surface area contributed by atoms with Crippen molar-refractivity contribution in [1.29, 1.82) is 0 Å². The van der Waals surface area contributed by atoms with Gasteiger partial charge in [0, 0.05) is 17.8 Å². The Bertz CT molecular complexity index is 1770. The number of imidazole rings is 2. The molecule has 0 aliphatic carbocycles. The Morgan fingerprint density at radius 1 is 0.735 bits per heavy atom. The van der Waals surface area contributed by atoms with Gasteiger partial charge in [-0.05, 0) is 96.2 Å². The molecular formula is C38H48N6O4S. The van der Waals surface area contributed by atoms with Crippen LogP contribution in [0.5, 0.6) is 0 Å². The molecule has 2 N–H and O–H groups in total. The maximum absolute atomic E-state index is 13.0. The first-order chi connectivity index (χ1) is 23.2. The number of carbonyl (C=O) groups excluding carboxylic acids is 2. The molecule has 2 aromatic heterocycles. The number of carbonyl (C=O) groups is 2. The second-order valence-electron chi connectivity index (χ2n) is 15.1. The van der Waals surface area contributed by atoms with Gasteiger partial charge in [0.2, 0.25) is 0 Å². The van der Waals surface area contributed by atoms with Crippen LogP contribution < -0.4 is 0 Å². The summed E-state index contributed by atoms with van der Waals surface area (Å²) in [5.74, 6) is 1.56. The number of nitrogens with one attached hydrogen (secondary N) is 2. The number of thioether (sulfide) groups is 1. The van der Waals surface area contributed by atoms with Crippen LogP contribution in [0.1, 0.15) is 91.5 Å². The third-order valence-electron chi connectivity index (χ3n) is 9.04. The Morgan fingerprint density at radius 2 is 1.20 bits per heavy atom. The van der Waals surface area contributed by atoms with Gasteiger partial charge in [0.05, 0.1) is 35.9 Å². The van der Waals surface area contributed by atoms with Crippen molar-refractivity contribution in [3.05, 3.63) is 72.6 Å². The van der Waals surface area contributed by atoms with E-state index in [1.54, 1.807) is 16.7 Å². The molecule has 0 saturated carbocycles. The zero-order valence-electron chi connectivity index (χ0n) is 29.7. The normalized spacial score (nSPS) is 21.3. The Morgan fingerprint density at radius 3 is 1.69 bits per heavy atom. The molecule has 0 spiro atoms. The summed E-state index contributed by atoms with van der Waals surface area (Å²) in [5, 5.41) is 0.331. The number of H-pyrrole nitrogens is 2. The van der Waals surface area contributed by atoms with Crippen LogP contribution in [0.2, 0.25) is 0 Å². The predicted octanol–water partition coefficient (Wildman–Crippen LogP) is 9.01. The van der Waals surface area contributed by atoms with Crippen molar-refractivity contribution in [1.82, 2.24) is 29.7 Å². The largest absolute Gasteiger partial charge is 0.444 e. The minimum Gasteiger partial charge on any atom is -0.444 e. The van der Waals surface area contributed by atoms with E-state index in [-0.39, 0.29) is 30.3 Å². The molecule has 4 heterocycles.